The lowest BCUT2D eigenvalue weighted by atomic mass is 9.96. The lowest BCUT2D eigenvalue weighted by Crippen LogP contribution is -2.39. The molecular weight excluding hydrogens is 352 g/mol. The molecule has 2 aromatic carbocycles. The van der Waals surface area contributed by atoms with E-state index in [0.717, 1.165) is 5.56 Å². The van der Waals surface area contributed by atoms with Gasteiger partial charge in [-0.1, -0.05) is 59.2 Å². The Hall–Kier alpha value is -2.63. The highest BCUT2D eigenvalue weighted by Crippen LogP contribution is 2.22. The first-order valence-corrected chi connectivity index (χ1v) is 8.58. The molecule has 0 radical (unpaired) electrons. The van der Waals surface area contributed by atoms with Gasteiger partial charge in [-0.15, -0.1) is 0 Å². The van der Waals surface area contributed by atoms with Crippen molar-refractivity contribution in [1.82, 2.24) is 10.5 Å². The summed E-state index contributed by atoms with van der Waals surface area (Å²) in [5, 5.41) is 17.8. The van der Waals surface area contributed by atoms with Crippen molar-refractivity contribution in [2.45, 2.75) is 18.9 Å². The first-order chi connectivity index (χ1) is 12.4. The smallest absolute Gasteiger partial charge is 0.226 e. The van der Waals surface area contributed by atoms with Gasteiger partial charge in [0.2, 0.25) is 5.91 Å². The minimum Gasteiger partial charge on any atom is -0.384 e. The number of carbonyl (C=O) groups is 1. The number of nitrogens with one attached hydrogen (secondary N) is 1. The highest BCUT2D eigenvalue weighted by atomic mass is 35.5. The summed E-state index contributed by atoms with van der Waals surface area (Å²) in [6.07, 6.45) is 0.0764. The minimum absolute atomic E-state index is 0.0764. The predicted octanol–water partition coefficient (Wildman–Crippen LogP) is 3.56. The van der Waals surface area contributed by atoms with E-state index in [1.165, 1.54) is 0 Å². The fourth-order valence-electron chi connectivity index (χ4n) is 2.54. The van der Waals surface area contributed by atoms with Crippen LogP contribution in [0.1, 0.15) is 18.2 Å². The Labute approximate surface area is 156 Å². The van der Waals surface area contributed by atoms with E-state index in [4.69, 9.17) is 16.1 Å². The third-order valence-electron chi connectivity index (χ3n) is 4.05. The van der Waals surface area contributed by atoms with E-state index >= 15 is 0 Å². The van der Waals surface area contributed by atoms with Crippen molar-refractivity contribution in [2.24, 2.45) is 0 Å². The molecule has 0 aliphatic carbocycles. The number of halogens is 1. The Kier molecular flexibility index (Phi) is 5.40. The van der Waals surface area contributed by atoms with Crippen LogP contribution < -0.4 is 5.32 Å². The number of carbonyl (C=O) groups excluding carboxylic acids is 1. The molecule has 0 aliphatic rings. The van der Waals surface area contributed by atoms with Gasteiger partial charge in [0.1, 0.15) is 5.60 Å². The number of benzene rings is 2. The Morgan fingerprint density at radius 3 is 2.58 bits per heavy atom. The zero-order chi connectivity index (χ0) is 18.6. The SMILES string of the molecule is CC(O)(CNC(=O)Cc1cc(-c2ccccc2)on1)c1ccc(Cl)cc1. The number of aliphatic hydroxyl groups is 1. The van der Waals surface area contributed by atoms with Crippen molar-refractivity contribution >= 4 is 17.5 Å². The minimum atomic E-state index is -1.20. The molecule has 1 aromatic heterocycles. The molecule has 5 nitrogen and oxygen atoms in total. The average molecular weight is 371 g/mol. The zero-order valence-electron chi connectivity index (χ0n) is 14.3. The van der Waals surface area contributed by atoms with Crippen LogP contribution in [-0.2, 0) is 16.8 Å². The van der Waals surface area contributed by atoms with Crippen LogP contribution in [0.25, 0.3) is 11.3 Å². The Bertz CT molecular complexity index is 874. The third kappa shape index (κ3) is 4.50. The largest absolute Gasteiger partial charge is 0.384 e. The van der Waals surface area contributed by atoms with Gasteiger partial charge >= 0.3 is 0 Å². The number of rotatable bonds is 6. The summed E-state index contributed by atoms with van der Waals surface area (Å²) >= 11 is 5.86. The van der Waals surface area contributed by atoms with Crippen molar-refractivity contribution in [1.29, 1.82) is 0 Å². The van der Waals surface area contributed by atoms with Gasteiger partial charge in [-0.05, 0) is 24.6 Å². The summed E-state index contributed by atoms with van der Waals surface area (Å²) in [6.45, 7) is 1.72. The summed E-state index contributed by atoms with van der Waals surface area (Å²) in [5.74, 6) is 0.369. The maximum atomic E-state index is 12.2. The fraction of sp³-hybridized carbons (Fsp3) is 0.200. The highest BCUT2D eigenvalue weighted by molar-refractivity contribution is 6.30. The van der Waals surface area contributed by atoms with Crippen LogP contribution in [0.5, 0.6) is 0 Å². The molecular formula is C20H19ClN2O3. The Balaban J connectivity index is 1.57. The number of amides is 1. The number of nitrogens with zero attached hydrogens (tertiary/aromatic N) is 1. The molecule has 26 heavy (non-hydrogen) atoms. The first kappa shape index (κ1) is 18.2. The maximum Gasteiger partial charge on any atom is 0.226 e. The van der Waals surface area contributed by atoms with Crippen LogP contribution >= 0.6 is 11.6 Å². The van der Waals surface area contributed by atoms with Gasteiger partial charge in [-0.2, -0.15) is 0 Å². The fourth-order valence-corrected chi connectivity index (χ4v) is 2.67. The zero-order valence-corrected chi connectivity index (χ0v) is 15.0. The van der Waals surface area contributed by atoms with Gasteiger partial charge < -0.3 is 14.9 Å². The topological polar surface area (TPSA) is 75.4 Å². The molecule has 3 rings (SSSR count). The van der Waals surface area contributed by atoms with E-state index in [1.54, 1.807) is 37.3 Å². The highest BCUT2D eigenvalue weighted by Gasteiger charge is 2.24. The second-order valence-corrected chi connectivity index (χ2v) is 6.72. The van der Waals surface area contributed by atoms with Crippen molar-refractivity contribution in [3.63, 3.8) is 0 Å². The summed E-state index contributed by atoms with van der Waals surface area (Å²) in [4.78, 5) is 12.2. The molecule has 1 unspecified atom stereocenters. The van der Waals surface area contributed by atoms with Crippen molar-refractivity contribution < 1.29 is 14.4 Å². The van der Waals surface area contributed by atoms with Crippen LogP contribution in [0, 0.1) is 0 Å². The summed E-state index contributed by atoms with van der Waals surface area (Å²) < 4.78 is 5.29. The van der Waals surface area contributed by atoms with Gasteiger partial charge in [-0.25, -0.2) is 0 Å². The van der Waals surface area contributed by atoms with Crippen molar-refractivity contribution in [3.05, 3.63) is 76.9 Å². The summed E-state index contributed by atoms with van der Waals surface area (Å²) in [6, 6.07) is 18.2. The van der Waals surface area contributed by atoms with Crippen molar-refractivity contribution in [3.8, 4) is 11.3 Å². The monoisotopic (exact) mass is 370 g/mol. The van der Waals surface area contributed by atoms with E-state index in [2.05, 4.69) is 10.5 Å². The quantitative estimate of drug-likeness (QED) is 0.695. The third-order valence-corrected chi connectivity index (χ3v) is 4.31. The molecule has 6 heteroatoms. The van der Waals surface area contributed by atoms with Crippen LogP contribution in [0.2, 0.25) is 5.02 Å². The molecule has 2 N–H and O–H groups in total. The summed E-state index contributed by atoms with van der Waals surface area (Å²) in [5.41, 5.74) is 0.916. The normalized spacial score (nSPS) is 13.2. The Morgan fingerprint density at radius 2 is 1.88 bits per heavy atom. The molecule has 1 heterocycles. The van der Waals surface area contributed by atoms with Crippen LogP contribution in [0.3, 0.4) is 0 Å². The molecule has 1 amide bonds. The molecule has 0 bridgehead atoms. The number of hydrogen-bond acceptors (Lipinski definition) is 4. The molecule has 0 fully saturated rings. The van der Waals surface area contributed by atoms with Gasteiger partial charge in [-0.3, -0.25) is 4.79 Å². The predicted molar refractivity (Wildman–Crippen MR) is 99.7 cm³/mol. The molecule has 0 saturated carbocycles. The van der Waals surface area contributed by atoms with E-state index in [0.29, 0.717) is 22.0 Å². The number of aromatic nitrogens is 1. The second kappa shape index (κ2) is 7.72. The van der Waals surface area contributed by atoms with E-state index in [9.17, 15) is 9.90 Å². The molecule has 0 saturated heterocycles. The maximum absolute atomic E-state index is 12.2. The standard InChI is InChI=1S/C20H19ClN2O3/c1-20(25,15-7-9-16(21)10-8-15)13-22-19(24)12-17-11-18(26-23-17)14-5-3-2-4-6-14/h2-11,25H,12-13H2,1H3,(H,22,24). The average Bonchev–Trinajstić information content (AvgIpc) is 3.10. The van der Waals surface area contributed by atoms with Gasteiger partial charge in [0.25, 0.3) is 0 Å². The Morgan fingerprint density at radius 1 is 1.19 bits per heavy atom. The van der Waals surface area contributed by atoms with Crippen molar-refractivity contribution in [2.75, 3.05) is 6.54 Å². The van der Waals surface area contributed by atoms with E-state index in [1.807, 2.05) is 30.3 Å². The van der Waals surface area contributed by atoms with Crippen LogP contribution in [0.15, 0.2) is 65.2 Å². The first-order valence-electron chi connectivity index (χ1n) is 8.20. The second-order valence-electron chi connectivity index (χ2n) is 6.28. The molecule has 0 spiro atoms. The van der Waals surface area contributed by atoms with Gasteiger partial charge in [0, 0.05) is 16.7 Å². The summed E-state index contributed by atoms with van der Waals surface area (Å²) in [7, 11) is 0. The lowest BCUT2D eigenvalue weighted by molar-refractivity contribution is -0.121. The van der Waals surface area contributed by atoms with E-state index in [-0.39, 0.29) is 18.9 Å². The van der Waals surface area contributed by atoms with Crippen LogP contribution in [-0.4, -0.2) is 22.7 Å². The lowest BCUT2D eigenvalue weighted by Gasteiger charge is -2.24. The molecule has 3 aromatic rings. The molecule has 0 aliphatic heterocycles. The van der Waals surface area contributed by atoms with Gasteiger partial charge in [0.05, 0.1) is 18.7 Å². The molecule has 134 valence electrons. The number of hydrogen-bond donors (Lipinski definition) is 2. The van der Waals surface area contributed by atoms with Gasteiger partial charge in [0.15, 0.2) is 5.76 Å². The molecule has 1 atom stereocenters. The van der Waals surface area contributed by atoms with E-state index < -0.39 is 5.60 Å². The van der Waals surface area contributed by atoms with Crippen LogP contribution in [0.4, 0.5) is 0 Å².